The summed E-state index contributed by atoms with van der Waals surface area (Å²) >= 11 is 0. The average molecular weight is 268 g/mol. The van der Waals surface area contributed by atoms with Gasteiger partial charge >= 0.3 is 0 Å². The average Bonchev–Trinajstić information content (AvgIpc) is 2.89. The van der Waals surface area contributed by atoms with Gasteiger partial charge in [0.05, 0.1) is 12.5 Å². The lowest BCUT2D eigenvalue weighted by Gasteiger charge is -2.11. The minimum Gasteiger partial charge on any atom is -0.497 e. The van der Waals surface area contributed by atoms with Crippen LogP contribution in [0.2, 0.25) is 0 Å². The number of hydrogen-bond acceptors (Lipinski definition) is 4. The minimum absolute atomic E-state index is 0.730. The second-order valence-corrected chi connectivity index (χ2v) is 4.67. The SMILES string of the molecule is COc1ccc(Nc2nc(C)nc3[nH]ccc23)c(C)c1. The van der Waals surface area contributed by atoms with Gasteiger partial charge in [0, 0.05) is 11.9 Å². The van der Waals surface area contributed by atoms with Crippen LogP contribution in [0.5, 0.6) is 5.75 Å². The number of nitrogens with one attached hydrogen (secondary N) is 2. The molecule has 5 nitrogen and oxygen atoms in total. The van der Waals surface area contributed by atoms with Crippen molar-refractivity contribution < 1.29 is 4.74 Å². The second-order valence-electron chi connectivity index (χ2n) is 4.67. The fourth-order valence-electron chi connectivity index (χ4n) is 2.18. The molecule has 0 aliphatic heterocycles. The molecule has 2 heterocycles. The van der Waals surface area contributed by atoms with Gasteiger partial charge in [0.2, 0.25) is 0 Å². The van der Waals surface area contributed by atoms with E-state index in [-0.39, 0.29) is 0 Å². The Morgan fingerprint density at radius 2 is 2.00 bits per heavy atom. The summed E-state index contributed by atoms with van der Waals surface area (Å²) in [5.74, 6) is 2.38. The van der Waals surface area contributed by atoms with E-state index in [1.165, 1.54) is 0 Å². The molecule has 2 aromatic heterocycles. The summed E-state index contributed by atoms with van der Waals surface area (Å²) in [6, 6.07) is 7.88. The van der Waals surface area contributed by atoms with Gasteiger partial charge in [-0.05, 0) is 43.7 Å². The third-order valence-corrected chi connectivity index (χ3v) is 3.21. The smallest absolute Gasteiger partial charge is 0.143 e. The molecule has 3 rings (SSSR count). The van der Waals surface area contributed by atoms with Crippen molar-refractivity contribution in [1.82, 2.24) is 15.0 Å². The number of benzene rings is 1. The molecule has 0 aliphatic carbocycles. The molecule has 0 bridgehead atoms. The number of H-pyrrole nitrogens is 1. The number of nitrogens with zero attached hydrogens (tertiary/aromatic N) is 2. The van der Waals surface area contributed by atoms with Gasteiger partial charge in [-0.2, -0.15) is 0 Å². The minimum atomic E-state index is 0.730. The van der Waals surface area contributed by atoms with Crippen LogP contribution >= 0.6 is 0 Å². The van der Waals surface area contributed by atoms with Gasteiger partial charge in [-0.1, -0.05) is 0 Å². The summed E-state index contributed by atoms with van der Waals surface area (Å²) in [7, 11) is 1.67. The van der Waals surface area contributed by atoms with Crippen molar-refractivity contribution in [2.45, 2.75) is 13.8 Å². The third kappa shape index (κ3) is 2.18. The normalized spacial score (nSPS) is 10.8. The fourth-order valence-corrected chi connectivity index (χ4v) is 2.18. The molecule has 0 aliphatic rings. The van der Waals surface area contributed by atoms with Crippen molar-refractivity contribution in [3.8, 4) is 5.75 Å². The molecule has 0 amide bonds. The van der Waals surface area contributed by atoms with Crippen LogP contribution in [-0.4, -0.2) is 22.1 Å². The zero-order valence-electron chi connectivity index (χ0n) is 11.7. The summed E-state index contributed by atoms with van der Waals surface area (Å²) in [5, 5.41) is 4.34. The highest BCUT2D eigenvalue weighted by Crippen LogP contribution is 2.27. The highest BCUT2D eigenvalue weighted by atomic mass is 16.5. The first kappa shape index (κ1) is 12.5. The molecule has 3 aromatic rings. The number of ether oxygens (including phenoxy) is 1. The summed E-state index contributed by atoms with van der Waals surface area (Å²) in [4.78, 5) is 11.9. The number of anilines is 2. The Kier molecular flexibility index (Phi) is 3.02. The lowest BCUT2D eigenvalue weighted by atomic mass is 10.2. The number of hydrogen-bond donors (Lipinski definition) is 2. The van der Waals surface area contributed by atoms with E-state index in [2.05, 4.69) is 20.3 Å². The molecule has 0 unspecified atom stereocenters. The summed E-state index contributed by atoms with van der Waals surface area (Å²) in [6.07, 6.45) is 1.87. The van der Waals surface area contributed by atoms with Crippen LogP contribution in [0.1, 0.15) is 11.4 Å². The Balaban J connectivity index is 2.03. The van der Waals surface area contributed by atoms with Crippen LogP contribution in [-0.2, 0) is 0 Å². The van der Waals surface area contributed by atoms with E-state index < -0.39 is 0 Å². The molecule has 0 fully saturated rings. The molecule has 102 valence electrons. The molecular formula is C15H16N4O. The molecule has 5 heteroatoms. The Morgan fingerprint density at radius 1 is 1.15 bits per heavy atom. The zero-order valence-corrected chi connectivity index (χ0v) is 11.7. The van der Waals surface area contributed by atoms with Gasteiger partial charge in [0.25, 0.3) is 0 Å². The number of rotatable bonds is 3. The van der Waals surface area contributed by atoms with Gasteiger partial charge in [-0.15, -0.1) is 0 Å². The summed E-state index contributed by atoms with van der Waals surface area (Å²) < 4.78 is 5.22. The summed E-state index contributed by atoms with van der Waals surface area (Å²) in [5.41, 5.74) is 2.95. The van der Waals surface area contributed by atoms with Crippen molar-refractivity contribution in [3.05, 3.63) is 41.9 Å². The highest BCUT2D eigenvalue weighted by molar-refractivity contribution is 5.89. The van der Waals surface area contributed by atoms with Gasteiger partial charge in [0.15, 0.2) is 0 Å². The molecule has 0 spiro atoms. The van der Waals surface area contributed by atoms with E-state index in [0.717, 1.165) is 39.7 Å². The lowest BCUT2D eigenvalue weighted by Crippen LogP contribution is -1.99. The topological polar surface area (TPSA) is 62.8 Å². The standard InChI is InChI=1S/C15H16N4O/c1-9-8-11(20-3)4-5-13(9)19-15-12-6-7-16-14(12)17-10(2)18-15/h4-8H,1-3H3,(H2,16,17,18,19). The van der Waals surface area contributed by atoms with Gasteiger partial charge in [-0.25, -0.2) is 9.97 Å². The zero-order chi connectivity index (χ0) is 14.1. The van der Waals surface area contributed by atoms with Crippen molar-refractivity contribution in [2.75, 3.05) is 12.4 Å². The van der Waals surface area contributed by atoms with E-state index in [9.17, 15) is 0 Å². The largest absolute Gasteiger partial charge is 0.497 e. The number of aryl methyl sites for hydroxylation is 2. The first-order valence-electron chi connectivity index (χ1n) is 6.41. The number of aromatic amines is 1. The predicted molar refractivity (Wildman–Crippen MR) is 79.6 cm³/mol. The quantitative estimate of drug-likeness (QED) is 0.764. The van der Waals surface area contributed by atoms with Crippen molar-refractivity contribution in [3.63, 3.8) is 0 Å². The first-order chi connectivity index (χ1) is 9.67. The maximum atomic E-state index is 5.22. The Hall–Kier alpha value is -2.56. The fraction of sp³-hybridized carbons (Fsp3) is 0.200. The van der Waals surface area contributed by atoms with Crippen LogP contribution in [0.25, 0.3) is 11.0 Å². The van der Waals surface area contributed by atoms with Crippen LogP contribution in [0, 0.1) is 13.8 Å². The van der Waals surface area contributed by atoms with Crippen LogP contribution in [0.4, 0.5) is 11.5 Å². The molecule has 0 saturated carbocycles. The molecule has 20 heavy (non-hydrogen) atoms. The van der Waals surface area contributed by atoms with Crippen LogP contribution in [0.3, 0.4) is 0 Å². The van der Waals surface area contributed by atoms with E-state index in [4.69, 9.17) is 4.74 Å². The van der Waals surface area contributed by atoms with Crippen molar-refractivity contribution in [2.24, 2.45) is 0 Å². The van der Waals surface area contributed by atoms with E-state index in [0.29, 0.717) is 0 Å². The molecule has 2 N–H and O–H groups in total. The maximum Gasteiger partial charge on any atom is 0.143 e. The van der Waals surface area contributed by atoms with Crippen LogP contribution in [0.15, 0.2) is 30.5 Å². The van der Waals surface area contributed by atoms with E-state index in [1.807, 2.05) is 44.3 Å². The summed E-state index contributed by atoms with van der Waals surface area (Å²) in [6.45, 7) is 3.92. The number of fused-ring (bicyclic) bond motifs is 1. The third-order valence-electron chi connectivity index (χ3n) is 3.21. The van der Waals surface area contributed by atoms with Gasteiger partial charge in [0.1, 0.15) is 23.0 Å². The Morgan fingerprint density at radius 3 is 2.75 bits per heavy atom. The Bertz CT molecular complexity index is 764. The van der Waals surface area contributed by atoms with Crippen molar-refractivity contribution in [1.29, 1.82) is 0 Å². The van der Waals surface area contributed by atoms with Gasteiger partial charge in [-0.3, -0.25) is 0 Å². The first-order valence-corrected chi connectivity index (χ1v) is 6.41. The maximum absolute atomic E-state index is 5.22. The number of aromatic nitrogens is 3. The molecule has 0 radical (unpaired) electrons. The second kappa shape index (κ2) is 4.85. The van der Waals surface area contributed by atoms with Crippen LogP contribution < -0.4 is 10.1 Å². The van der Waals surface area contributed by atoms with E-state index >= 15 is 0 Å². The molecule has 0 atom stereocenters. The van der Waals surface area contributed by atoms with Crippen molar-refractivity contribution >= 4 is 22.5 Å². The lowest BCUT2D eigenvalue weighted by molar-refractivity contribution is 0.414. The molecular weight excluding hydrogens is 252 g/mol. The van der Waals surface area contributed by atoms with E-state index in [1.54, 1.807) is 7.11 Å². The molecule has 0 saturated heterocycles. The molecule has 1 aromatic carbocycles. The monoisotopic (exact) mass is 268 g/mol. The Labute approximate surface area is 117 Å². The highest BCUT2D eigenvalue weighted by Gasteiger charge is 2.08. The number of methoxy groups -OCH3 is 1. The predicted octanol–water partition coefficient (Wildman–Crippen LogP) is 3.33. The van der Waals surface area contributed by atoms with Gasteiger partial charge < -0.3 is 15.0 Å².